The minimum absolute atomic E-state index is 0.0620. The molecule has 1 amide bonds. The number of hydrogen-bond acceptors (Lipinski definition) is 3. The van der Waals surface area contributed by atoms with E-state index >= 15 is 0 Å². The minimum atomic E-state index is -4.34. The number of nitrogens with zero attached hydrogens (tertiary/aromatic N) is 2. The molecule has 0 spiro atoms. The Bertz CT molecular complexity index is 302. The van der Waals surface area contributed by atoms with Crippen LogP contribution in [0.5, 0.6) is 0 Å². The van der Waals surface area contributed by atoms with Crippen molar-refractivity contribution in [3.05, 3.63) is 0 Å². The van der Waals surface area contributed by atoms with Crippen LogP contribution in [-0.2, 0) is 4.79 Å². The number of rotatable bonds is 6. The minimum Gasteiger partial charge on any atom is -0.332 e. The molecule has 0 bridgehead atoms. The van der Waals surface area contributed by atoms with Gasteiger partial charge in [0, 0.05) is 25.7 Å². The van der Waals surface area contributed by atoms with Crippen LogP contribution in [0.15, 0.2) is 0 Å². The Morgan fingerprint density at radius 2 is 1.95 bits per heavy atom. The Balaban J connectivity index is 2.49. The zero-order valence-electron chi connectivity index (χ0n) is 12.0. The van der Waals surface area contributed by atoms with Crippen molar-refractivity contribution < 1.29 is 18.0 Å². The fourth-order valence-electron chi connectivity index (χ4n) is 2.26. The highest BCUT2D eigenvalue weighted by Gasteiger charge is 2.33. The van der Waals surface area contributed by atoms with Crippen LogP contribution in [-0.4, -0.2) is 60.6 Å². The number of nitrogens with two attached hydrogens (primary N) is 1. The van der Waals surface area contributed by atoms with Crippen molar-refractivity contribution in [2.75, 3.05) is 32.7 Å². The predicted molar refractivity (Wildman–Crippen MR) is 71.2 cm³/mol. The summed E-state index contributed by atoms with van der Waals surface area (Å²) < 4.78 is 37.5. The molecule has 1 saturated heterocycles. The monoisotopic (exact) mass is 295 g/mol. The molecule has 4 nitrogen and oxygen atoms in total. The first-order chi connectivity index (χ1) is 9.31. The van der Waals surface area contributed by atoms with Crippen LogP contribution in [0.4, 0.5) is 13.2 Å². The summed E-state index contributed by atoms with van der Waals surface area (Å²) in [5.74, 6) is -0.439. The van der Waals surface area contributed by atoms with Crippen molar-refractivity contribution >= 4 is 5.91 Å². The molecule has 20 heavy (non-hydrogen) atoms. The van der Waals surface area contributed by atoms with Gasteiger partial charge in [-0.3, -0.25) is 9.69 Å². The van der Waals surface area contributed by atoms with Gasteiger partial charge in [-0.15, -0.1) is 0 Å². The fourth-order valence-corrected chi connectivity index (χ4v) is 2.26. The molecule has 0 radical (unpaired) electrons. The van der Waals surface area contributed by atoms with Crippen molar-refractivity contribution in [2.24, 2.45) is 5.73 Å². The average molecular weight is 295 g/mol. The molecule has 2 N–H and O–H groups in total. The second-order valence-electron chi connectivity index (χ2n) is 5.40. The summed E-state index contributed by atoms with van der Waals surface area (Å²) in [5.41, 5.74) is 5.77. The van der Waals surface area contributed by atoms with Crippen molar-refractivity contribution in [3.63, 3.8) is 0 Å². The molecule has 1 aliphatic rings. The van der Waals surface area contributed by atoms with Crippen LogP contribution < -0.4 is 5.73 Å². The van der Waals surface area contributed by atoms with Crippen LogP contribution in [0.25, 0.3) is 0 Å². The molecule has 0 atom stereocenters. The second-order valence-corrected chi connectivity index (χ2v) is 5.40. The van der Waals surface area contributed by atoms with E-state index in [9.17, 15) is 18.0 Å². The van der Waals surface area contributed by atoms with Gasteiger partial charge in [0.2, 0.25) is 5.91 Å². The highest BCUT2D eigenvalue weighted by Crippen LogP contribution is 2.17. The lowest BCUT2D eigenvalue weighted by Gasteiger charge is -2.32. The molecule has 118 valence electrons. The van der Waals surface area contributed by atoms with E-state index in [1.807, 2.05) is 11.8 Å². The molecule has 0 aromatic carbocycles. The van der Waals surface area contributed by atoms with Gasteiger partial charge in [-0.1, -0.05) is 13.3 Å². The molecule has 1 fully saturated rings. The quantitative estimate of drug-likeness (QED) is 0.810. The topological polar surface area (TPSA) is 49.6 Å². The van der Waals surface area contributed by atoms with Crippen molar-refractivity contribution in [1.29, 1.82) is 0 Å². The van der Waals surface area contributed by atoms with Gasteiger partial charge in [-0.2, -0.15) is 13.2 Å². The molecule has 0 unspecified atom stereocenters. The third-order valence-corrected chi connectivity index (χ3v) is 3.50. The molecule has 1 aliphatic heterocycles. The zero-order valence-corrected chi connectivity index (χ0v) is 12.0. The zero-order chi connectivity index (χ0) is 15.2. The number of unbranched alkanes of at least 4 members (excludes halogenated alkanes) is 1. The second kappa shape index (κ2) is 7.83. The maximum absolute atomic E-state index is 12.5. The Morgan fingerprint density at radius 3 is 2.45 bits per heavy atom. The smallest absolute Gasteiger partial charge is 0.332 e. The summed E-state index contributed by atoms with van der Waals surface area (Å²) >= 11 is 0. The van der Waals surface area contributed by atoms with Crippen LogP contribution >= 0.6 is 0 Å². The average Bonchev–Trinajstić information content (AvgIpc) is 2.36. The third-order valence-electron chi connectivity index (χ3n) is 3.50. The molecule has 1 heterocycles. The molecule has 0 aliphatic carbocycles. The van der Waals surface area contributed by atoms with Crippen LogP contribution in [0, 0.1) is 0 Å². The largest absolute Gasteiger partial charge is 0.406 e. The maximum Gasteiger partial charge on any atom is 0.406 e. The van der Waals surface area contributed by atoms with E-state index in [2.05, 4.69) is 0 Å². The third kappa shape index (κ3) is 6.56. The summed E-state index contributed by atoms with van der Waals surface area (Å²) in [7, 11) is 0. The van der Waals surface area contributed by atoms with Gasteiger partial charge >= 0.3 is 6.18 Å². The summed E-state index contributed by atoms with van der Waals surface area (Å²) in [6.07, 6.45) is -1.40. The van der Waals surface area contributed by atoms with Gasteiger partial charge in [0.15, 0.2) is 0 Å². The fraction of sp³-hybridized carbons (Fsp3) is 0.923. The lowest BCUT2D eigenvalue weighted by atomic mass is 10.1. The van der Waals surface area contributed by atoms with Crippen molar-refractivity contribution in [1.82, 2.24) is 9.80 Å². The highest BCUT2D eigenvalue weighted by molar-refractivity contribution is 5.78. The van der Waals surface area contributed by atoms with E-state index in [1.165, 1.54) is 0 Å². The molecular weight excluding hydrogens is 271 g/mol. The summed E-state index contributed by atoms with van der Waals surface area (Å²) in [5, 5.41) is 0. The molecule has 0 saturated carbocycles. The Kier molecular flexibility index (Phi) is 6.75. The Morgan fingerprint density at radius 1 is 1.35 bits per heavy atom. The van der Waals surface area contributed by atoms with Gasteiger partial charge in [0.05, 0.1) is 6.54 Å². The molecular formula is C13H24F3N3O. The number of carbonyl (C=O) groups excluding carboxylic acids is 1. The van der Waals surface area contributed by atoms with Crippen molar-refractivity contribution in [2.45, 2.75) is 44.8 Å². The van der Waals surface area contributed by atoms with Gasteiger partial charge in [0.1, 0.15) is 6.54 Å². The standard InChI is InChI=1S/C13H24F3N3O/c1-2-3-6-19(10-13(14,15)16)12(20)9-18-7-4-11(17)5-8-18/h11H,2-10,17H2,1H3. The SMILES string of the molecule is CCCCN(CC(F)(F)F)C(=O)CN1CCC(N)CC1. The highest BCUT2D eigenvalue weighted by atomic mass is 19.4. The van der Waals surface area contributed by atoms with E-state index in [4.69, 9.17) is 5.73 Å². The number of piperidine rings is 1. The van der Waals surface area contributed by atoms with E-state index in [0.717, 1.165) is 24.2 Å². The normalized spacial score (nSPS) is 18.2. The molecule has 1 rings (SSSR count). The Hall–Kier alpha value is -0.820. The van der Waals surface area contributed by atoms with Gasteiger partial charge in [-0.05, 0) is 19.3 Å². The van der Waals surface area contributed by atoms with E-state index in [0.29, 0.717) is 19.5 Å². The number of hydrogen-bond donors (Lipinski definition) is 1. The number of alkyl halides is 3. The van der Waals surface area contributed by atoms with Gasteiger partial charge < -0.3 is 10.6 Å². The Labute approximate surface area is 118 Å². The van der Waals surface area contributed by atoms with Crippen molar-refractivity contribution in [3.8, 4) is 0 Å². The van der Waals surface area contributed by atoms with Crippen LogP contribution in [0.2, 0.25) is 0 Å². The summed E-state index contributed by atoms with van der Waals surface area (Å²) in [4.78, 5) is 14.8. The predicted octanol–water partition coefficient (Wildman–Crippen LogP) is 1.60. The lowest BCUT2D eigenvalue weighted by molar-refractivity contribution is -0.162. The van der Waals surface area contributed by atoms with E-state index < -0.39 is 18.6 Å². The number of carbonyl (C=O) groups is 1. The van der Waals surface area contributed by atoms with Gasteiger partial charge in [0.25, 0.3) is 0 Å². The summed E-state index contributed by atoms with van der Waals surface area (Å²) in [6, 6.07) is 0.146. The van der Waals surface area contributed by atoms with E-state index in [-0.39, 0.29) is 19.1 Å². The van der Waals surface area contributed by atoms with Crippen LogP contribution in [0.3, 0.4) is 0 Å². The van der Waals surface area contributed by atoms with E-state index in [1.54, 1.807) is 0 Å². The maximum atomic E-state index is 12.5. The first-order valence-corrected chi connectivity index (χ1v) is 7.14. The molecule has 0 aromatic rings. The number of amides is 1. The first kappa shape index (κ1) is 17.2. The number of halogens is 3. The van der Waals surface area contributed by atoms with Gasteiger partial charge in [-0.25, -0.2) is 0 Å². The lowest BCUT2D eigenvalue weighted by Crippen LogP contribution is -2.48. The van der Waals surface area contributed by atoms with Crippen LogP contribution in [0.1, 0.15) is 32.6 Å². The first-order valence-electron chi connectivity index (χ1n) is 7.14. The molecule has 0 aromatic heterocycles. The summed E-state index contributed by atoms with van der Waals surface area (Å²) in [6.45, 7) is 2.33. The number of likely N-dealkylation sites (tertiary alicyclic amines) is 1. The molecule has 7 heteroatoms.